The van der Waals surface area contributed by atoms with Crippen LogP contribution in [-0.4, -0.2) is 51.2 Å². The lowest BCUT2D eigenvalue weighted by atomic mass is 10.0. The lowest BCUT2D eigenvalue weighted by Crippen LogP contribution is -2.24. The Labute approximate surface area is 227 Å². The van der Waals surface area contributed by atoms with Gasteiger partial charge in [-0.25, -0.2) is 9.37 Å². The Morgan fingerprint density at radius 2 is 1.97 bits per heavy atom. The molecular formula is C31H34FN7. The quantitative estimate of drug-likeness (QED) is 0.280. The van der Waals surface area contributed by atoms with E-state index >= 15 is 0 Å². The lowest BCUT2D eigenvalue weighted by molar-refractivity contribution is 0.530. The van der Waals surface area contributed by atoms with E-state index in [-0.39, 0.29) is 5.82 Å². The van der Waals surface area contributed by atoms with Gasteiger partial charge in [-0.2, -0.15) is 5.10 Å². The number of nitrogens with zero attached hydrogens (tertiary/aromatic N) is 4. The summed E-state index contributed by atoms with van der Waals surface area (Å²) in [7, 11) is 5.78. The van der Waals surface area contributed by atoms with Crippen LogP contribution >= 0.6 is 0 Å². The van der Waals surface area contributed by atoms with Gasteiger partial charge in [0.1, 0.15) is 17.0 Å². The maximum absolute atomic E-state index is 14.4. The molecule has 200 valence electrons. The van der Waals surface area contributed by atoms with Gasteiger partial charge < -0.3 is 15.2 Å². The number of fused-ring (bicyclic) bond motifs is 1. The minimum absolute atomic E-state index is 0.319. The van der Waals surface area contributed by atoms with Crippen molar-refractivity contribution < 1.29 is 4.39 Å². The number of benzene rings is 1. The summed E-state index contributed by atoms with van der Waals surface area (Å²) in [4.78, 5) is 14.8. The number of allylic oxidation sites excluding steroid dienone is 5. The van der Waals surface area contributed by atoms with Crippen LogP contribution in [-0.2, 0) is 6.54 Å². The number of imidazole rings is 1. The van der Waals surface area contributed by atoms with Crippen LogP contribution in [0.15, 0.2) is 78.7 Å². The summed E-state index contributed by atoms with van der Waals surface area (Å²) in [6.07, 6.45) is 11.5. The second-order valence-corrected chi connectivity index (χ2v) is 9.29. The van der Waals surface area contributed by atoms with Crippen molar-refractivity contribution in [1.29, 1.82) is 0 Å². The van der Waals surface area contributed by atoms with E-state index in [1.807, 2.05) is 82.4 Å². The van der Waals surface area contributed by atoms with Gasteiger partial charge in [0.05, 0.1) is 16.6 Å². The van der Waals surface area contributed by atoms with Crippen molar-refractivity contribution in [3.63, 3.8) is 0 Å². The molecule has 0 aliphatic rings. The van der Waals surface area contributed by atoms with E-state index in [1.54, 1.807) is 6.20 Å². The van der Waals surface area contributed by atoms with E-state index in [4.69, 9.17) is 4.98 Å². The molecule has 0 saturated carbocycles. The van der Waals surface area contributed by atoms with Crippen LogP contribution in [0.1, 0.15) is 19.4 Å². The topological polar surface area (TPSA) is 85.5 Å². The fourth-order valence-corrected chi connectivity index (χ4v) is 4.41. The average molecular weight is 524 g/mol. The van der Waals surface area contributed by atoms with Crippen molar-refractivity contribution in [1.82, 2.24) is 35.4 Å². The van der Waals surface area contributed by atoms with Crippen LogP contribution in [0.5, 0.6) is 0 Å². The first kappa shape index (κ1) is 27.5. The summed E-state index contributed by atoms with van der Waals surface area (Å²) >= 11 is 0. The van der Waals surface area contributed by atoms with Gasteiger partial charge in [0.25, 0.3) is 0 Å². The molecule has 8 heteroatoms. The Kier molecular flexibility index (Phi) is 8.36. The second-order valence-electron chi connectivity index (χ2n) is 9.29. The number of H-pyrrole nitrogens is 2. The number of hydrogen-bond donors (Lipinski definition) is 3. The molecule has 39 heavy (non-hydrogen) atoms. The van der Waals surface area contributed by atoms with Crippen molar-refractivity contribution in [2.24, 2.45) is 0 Å². The first-order valence-electron chi connectivity index (χ1n) is 12.7. The molecule has 0 aliphatic carbocycles. The molecule has 7 nitrogen and oxygen atoms in total. The molecule has 4 aromatic rings. The third-order valence-electron chi connectivity index (χ3n) is 6.39. The molecule has 0 amide bonds. The van der Waals surface area contributed by atoms with Gasteiger partial charge in [-0.1, -0.05) is 25.3 Å². The average Bonchev–Trinajstić information content (AvgIpc) is 3.52. The highest BCUT2D eigenvalue weighted by atomic mass is 19.1. The van der Waals surface area contributed by atoms with Gasteiger partial charge in [0, 0.05) is 43.3 Å². The molecule has 0 radical (unpaired) electrons. The molecule has 3 heterocycles. The maximum Gasteiger partial charge on any atom is 0.159 e. The van der Waals surface area contributed by atoms with Crippen molar-refractivity contribution >= 4 is 23.2 Å². The third-order valence-corrected chi connectivity index (χ3v) is 6.39. The van der Waals surface area contributed by atoms with E-state index in [0.717, 1.165) is 38.5 Å². The van der Waals surface area contributed by atoms with Crippen LogP contribution in [0.3, 0.4) is 0 Å². The summed E-state index contributed by atoms with van der Waals surface area (Å²) in [5.74, 6) is 0.257. The first-order chi connectivity index (χ1) is 18.8. The highest BCUT2D eigenvalue weighted by Gasteiger charge is 2.16. The predicted molar refractivity (Wildman–Crippen MR) is 158 cm³/mol. The molecule has 0 aliphatic heterocycles. The number of rotatable bonds is 9. The monoisotopic (exact) mass is 523 g/mol. The summed E-state index contributed by atoms with van der Waals surface area (Å²) in [5.41, 5.74) is 6.92. The smallest absolute Gasteiger partial charge is 0.159 e. The molecular weight excluding hydrogens is 489 g/mol. The number of pyridine rings is 1. The normalized spacial score (nSPS) is 13.4. The number of aromatic amines is 2. The predicted octanol–water partition coefficient (Wildman–Crippen LogP) is 4.59. The fraction of sp³-hybridized carbons (Fsp3) is 0.194. The zero-order chi connectivity index (χ0) is 28.1. The van der Waals surface area contributed by atoms with Gasteiger partial charge in [0.15, 0.2) is 5.82 Å². The zero-order valence-corrected chi connectivity index (χ0v) is 23.1. The minimum atomic E-state index is -0.319. The molecule has 0 saturated heterocycles. The van der Waals surface area contributed by atoms with Crippen molar-refractivity contribution in [3.8, 4) is 22.8 Å². The van der Waals surface area contributed by atoms with E-state index in [0.29, 0.717) is 34.8 Å². The molecule has 1 aromatic carbocycles. The van der Waals surface area contributed by atoms with Gasteiger partial charge in [-0.3, -0.25) is 10.1 Å². The number of hydrogen-bond acceptors (Lipinski definition) is 5. The minimum Gasteiger partial charge on any atom is -0.378 e. The molecule has 0 bridgehead atoms. The summed E-state index contributed by atoms with van der Waals surface area (Å²) in [6.45, 7) is 12.7. The highest BCUT2D eigenvalue weighted by Crippen LogP contribution is 2.28. The van der Waals surface area contributed by atoms with Crippen molar-refractivity contribution in [2.45, 2.75) is 20.4 Å². The fourth-order valence-electron chi connectivity index (χ4n) is 4.41. The van der Waals surface area contributed by atoms with Crippen molar-refractivity contribution in [3.05, 3.63) is 101 Å². The molecule has 0 atom stereocenters. The molecule has 0 spiro atoms. The Hall–Kier alpha value is -4.56. The van der Waals surface area contributed by atoms with Gasteiger partial charge in [-0.05, 0) is 80.1 Å². The van der Waals surface area contributed by atoms with E-state index in [2.05, 4.69) is 38.6 Å². The summed E-state index contributed by atoms with van der Waals surface area (Å²) in [5, 5.41) is 12.5. The molecule has 3 aromatic heterocycles. The van der Waals surface area contributed by atoms with Gasteiger partial charge in [-0.15, -0.1) is 0 Å². The van der Waals surface area contributed by atoms with E-state index in [9.17, 15) is 4.39 Å². The molecule has 0 unspecified atom stereocenters. The first-order valence-corrected chi connectivity index (χ1v) is 12.7. The molecule has 4 rings (SSSR count). The van der Waals surface area contributed by atoms with Gasteiger partial charge in [0.2, 0.25) is 0 Å². The third kappa shape index (κ3) is 5.81. The van der Waals surface area contributed by atoms with E-state index in [1.165, 1.54) is 12.1 Å². The second kappa shape index (κ2) is 11.9. The number of likely N-dealkylation sites (N-methyl/N-ethyl adjacent to an activating group) is 1. The molecule has 0 fully saturated rings. The largest absolute Gasteiger partial charge is 0.378 e. The SMILES string of the molecule is C=C/C(=C\C(=C/C)C(=C)/C=c1/c(-c2nc3c(-c4cc(F)cc(CNC)c4)nccc3[nH]2)n[nH]/c1=C/C)N(C)C. The standard InChI is InChI=1S/C31H34FN7/c1-8-21(17-24(9-2)39(6)7)19(4)13-25-26(10-3)37-38-29(25)31-35-27-11-12-34-28(30(27)36-31)22-14-20(18-33-5)15-23(32)16-22/h8-17,33,37H,2,4,18H2,1,3,5-7H3,(H,35,36)/b21-8+,24-17+,25-13+,26-10+. The van der Waals surface area contributed by atoms with Crippen LogP contribution < -0.4 is 15.9 Å². The van der Waals surface area contributed by atoms with Crippen molar-refractivity contribution in [2.75, 3.05) is 21.1 Å². The molecule has 3 N–H and O–H groups in total. The van der Waals surface area contributed by atoms with E-state index < -0.39 is 0 Å². The summed E-state index contributed by atoms with van der Waals surface area (Å²) < 4.78 is 14.4. The summed E-state index contributed by atoms with van der Waals surface area (Å²) in [6, 6.07) is 6.78. The number of nitrogens with one attached hydrogen (secondary N) is 3. The Balaban J connectivity index is 1.85. The Morgan fingerprint density at radius 3 is 2.64 bits per heavy atom. The number of aromatic nitrogens is 5. The van der Waals surface area contributed by atoms with Crippen LogP contribution in [0.25, 0.3) is 46.0 Å². The van der Waals surface area contributed by atoms with Crippen LogP contribution in [0.2, 0.25) is 0 Å². The Bertz CT molecular complexity index is 1720. The van der Waals surface area contributed by atoms with Crippen LogP contribution in [0.4, 0.5) is 4.39 Å². The highest BCUT2D eigenvalue weighted by molar-refractivity contribution is 5.91. The maximum atomic E-state index is 14.4. The number of halogens is 1. The zero-order valence-electron chi connectivity index (χ0n) is 23.1. The lowest BCUT2D eigenvalue weighted by Gasteiger charge is -2.14. The van der Waals surface area contributed by atoms with Gasteiger partial charge >= 0.3 is 0 Å². The Morgan fingerprint density at radius 1 is 1.18 bits per heavy atom. The van der Waals surface area contributed by atoms with Crippen LogP contribution in [0, 0.1) is 5.82 Å².